The Kier molecular flexibility index (Phi) is 4.76. The summed E-state index contributed by atoms with van der Waals surface area (Å²) in [5.74, 6) is -2.04. The molecule has 0 unspecified atom stereocenters. The van der Waals surface area contributed by atoms with E-state index in [9.17, 15) is 14.0 Å². The first-order valence-corrected chi connectivity index (χ1v) is 7.59. The van der Waals surface area contributed by atoms with E-state index in [1.54, 1.807) is 22.7 Å². The third-order valence-electron chi connectivity index (χ3n) is 3.33. The molecule has 1 aromatic carbocycles. The second-order valence-corrected chi connectivity index (χ2v) is 5.33. The molecule has 2 amide bonds. The van der Waals surface area contributed by atoms with Crippen molar-refractivity contribution in [2.24, 2.45) is 0 Å². The number of imidazole rings is 1. The van der Waals surface area contributed by atoms with Crippen molar-refractivity contribution in [3.63, 3.8) is 0 Å². The first-order valence-electron chi connectivity index (χ1n) is 7.22. The summed E-state index contributed by atoms with van der Waals surface area (Å²) in [6.45, 7) is 0. The molecule has 0 atom stereocenters. The first-order chi connectivity index (χ1) is 12.1. The minimum Gasteiger partial charge on any atom is -0.299 e. The SMILES string of the molecule is O=C(/C=C\c1c(Cl)nc2ccccn12)NNC(=O)c1ccccc1F. The standard InChI is InChI=1S/C17H12ClFN4O2/c18-16-13(23-10-4-3-7-14(23)20-16)8-9-15(24)21-22-17(25)11-5-1-2-6-12(11)19/h1-10H,(H,21,24)(H,22,25)/b9-8-. The molecule has 0 fully saturated rings. The topological polar surface area (TPSA) is 75.5 Å². The highest BCUT2D eigenvalue weighted by Crippen LogP contribution is 2.18. The van der Waals surface area contributed by atoms with Gasteiger partial charge in [-0.2, -0.15) is 0 Å². The van der Waals surface area contributed by atoms with Crippen molar-refractivity contribution in [2.75, 3.05) is 0 Å². The van der Waals surface area contributed by atoms with Crippen LogP contribution in [0.15, 0.2) is 54.7 Å². The van der Waals surface area contributed by atoms with Crippen molar-refractivity contribution in [1.82, 2.24) is 20.2 Å². The molecule has 0 aliphatic heterocycles. The number of hydrogen-bond acceptors (Lipinski definition) is 3. The maximum absolute atomic E-state index is 13.5. The molecule has 3 rings (SSSR count). The molecule has 3 aromatic rings. The number of hydrazine groups is 1. The first kappa shape index (κ1) is 16.7. The number of fused-ring (bicyclic) bond motifs is 1. The van der Waals surface area contributed by atoms with E-state index >= 15 is 0 Å². The van der Waals surface area contributed by atoms with Gasteiger partial charge in [-0.25, -0.2) is 9.37 Å². The van der Waals surface area contributed by atoms with Crippen LogP contribution in [0.5, 0.6) is 0 Å². The van der Waals surface area contributed by atoms with E-state index in [-0.39, 0.29) is 10.7 Å². The average molecular weight is 359 g/mol. The van der Waals surface area contributed by atoms with Gasteiger partial charge in [-0.3, -0.25) is 24.8 Å². The van der Waals surface area contributed by atoms with Crippen LogP contribution in [0, 0.1) is 5.82 Å². The maximum atomic E-state index is 13.5. The summed E-state index contributed by atoms with van der Waals surface area (Å²) >= 11 is 6.05. The maximum Gasteiger partial charge on any atom is 0.272 e. The molecule has 2 aromatic heterocycles. The van der Waals surface area contributed by atoms with E-state index in [1.807, 2.05) is 6.07 Å². The highest BCUT2D eigenvalue weighted by molar-refractivity contribution is 6.31. The van der Waals surface area contributed by atoms with Gasteiger partial charge in [0.1, 0.15) is 11.5 Å². The number of aromatic nitrogens is 2. The average Bonchev–Trinajstić information content (AvgIpc) is 2.93. The highest BCUT2D eigenvalue weighted by atomic mass is 35.5. The van der Waals surface area contributed by atoms with Gasteiger partial charge in [0, 0.05) is 12.3 Å². The van der Waals surface area contributed by atoms with Crippen LogP contribution in [0.4, 0.5) is 4.39 Å². The lowest BCUT2D eigenvalue weighted by Gasteiger charge is -2.05. The summed E-state index contributed by atoms with van der Waals surface area (Å²) in [4.78, 5) is 27.8. The zero-order valence-corrected chi connectivity index (χ0v) is 13.5. The van der Waals surface area contributed by atoms with Crippen molar-refractivity contribution < 1.29 is 14.0 Å². The second-order valence-electron chi connectivity index (χ2n) is 4.97. The van der Waals surface area contributed by atoms with Gasteiger partial charge >= 0.3 is 0 Å². The Bertz CT molecular complexity index is 984. The summed E-state index contributed by atoms with van der Waals surface area (Å²) in [5, 5.41) is 0.241. The zero-order valence-electron chi connectivity index (χ0n) is 12.7. The van der Waals surface area contributed by atoms with Gasteiger partial charge in [-0.05, 0) is 30.3 Å². The van der Waals surface area contributed by atoms with Crippen LogP contribution in [0.1, 0.15) is 16.1 Å². The van der Waals surface area contributed by atoms with Crippen LogP contribution in [0.25, 0.3) is 11.7 Å². The second kappa shape index (κ2) is 7.14. The van der Waals surface area contributed by atoms with Gasteiger partial charge in [0.25, 0.3) is 11.8 Å². The van der Waals surface area contributed by atoms with Crippen molar-refractivity contribution in [3.05, 3.63) is 77.0 Å². The molecule has 2 N–H and O–H groups in total. The fraction of sp³-hybridized carbons (Fsp3) is 0. The molecule has 0 aliphatic rings. The lowest BCUT2D eigenvalue weighted by molar-refractivity contribution is -0.117. The Hall–Kier alpha value is -3.19. The van der Waals surface area contributed by atoms with Gasteiger partial charge < -0.3 is 0 Å². The number of nitrogens with zero attached hydrogens (tertiary/aromatic N) is 2. The van der Waals surface area contributed by atoms with Gasteiger partial charge in [0.05, 0.1) is 11.3 Å². The molecule has 0 bridgehead atoms. The third-order valence-corrected chi connectivity index (χ3v) is 3.61. The number of amides is 2. The van der Waals surface area contributed by atoms with Crippen molar-refractivity contribution in [2.45, 2.75) is 0 Å². The molecule has 0 saturated heterocycles. The van der Waals surface area contributed by atoms with E-state index in [2.05, 4.69) is 15.8 Å². The van der Waals surface area contributed by atoms with Crippen LogP contribution in [0.3, 0.4) is 0 Å². The number of nitrogens with one attached hydrogen (secondary N) is 2. The van der Waals surface area contributed by atoms with Crippen molar-refractivity contribution >= 4 is 35.1 Å². The van der Waals surface area contributed by atoms with Crippen LogP contribution >= 0.6 is 11.6 Å². The van der Waals surface area contributed by atoms with E-state index in [0.29, 0.717) is 11.3 Å². The molecule has 0 spiro atoms. The number of benzene rings is 1. The lowest BCUT2D eigenvalue weighted by atomic mass is 10.2. The Balaban J connectivity index is 1.66. The van der Waals surface area contributed by atoms with Gasteiger partial charge in [0.2, 0.25) is 0 Å². The summed E-state index contributed by atoms with van der Waals surface area (Å²) in [6, 6.07) is 10.8. The predicted octanol–water partition coefficient (Wildman–Crippen LogP) is 2.60. The van der Waals surface area contributed by atoms with Crippen molar-refractivity contribution in [3.8, 4) is 0 Å². The third kappa shape index (κ3) is 3.67. The highest BCUT2D eigenvalue weighted by Gasteiger charge is 2.11. The fourth-order valence-electron chi connectivity index (χ4n) is 2.16. The van der Waals surface area contributed by atoms with E-state index in [0.717, 1.165) is 6.07 Å². The lowest BCUT2D eigenvalue weighted by Crippen LogP contribution is -2.41. The largest absolute Gasteiger partial charge is 0.299 e. The van der Waals surface area contributed by atoms with Gasteiger partial charge in [-0.1, -0.05) is 29.8 Å². The Morgan fingerprint density at radius 2 is 1.88 bits per heavy atom. The number of hydrogen-bond donors (Lipinski definition) is 2. The minimum absolute atomic E-state index is 0.170. The zero-order chi connectivity index (χ0) is 17.8. The smallest absolute Gasteiger partial charge is 0.272 e. The molecular formula is C17H12ClFN4O2. The number of carbonyl (C=O) groups excluding carboxylic acids is 2. The molecule has 2 heterocycles. The van der Waals surface area contributed by atoms with Gasteiger partial charge in [0.15, 0.2) is 5.15 Å². The molecule has 8 heteroatoms. The predicted molar refractivity (Wildman–Crippen MR) is 91.2 cm³/mol. The molecule has 0 radical (unpaired) electrons. The molecule has 25 heavy (non-hydrogen) atoms. The van der Waals surface area contributed by atoms with Crippen molar-refractivity contribution in [1.29, 1.82) is 0 Å². The number of carbonyl (C=O) groups is 2. The van der Waals surface area contributed by atoms with Crippen LogP contribution in [0.2, 0.25) is 5.15 Å². The molecular weight excluding hydrogens is 347 g/mol. The molecule has 0 aliphatic carbocycles. The number of halogens is 2. The number of pyridine rings is 1. The Morgan fingerprint density at radius 1 is 1.12 bits per heavy atom. The quantitative estimate of drug-likeness (QED) is 0.558. The van der Waals surface area contributed by atoms with Crippen LogP contribution in [-0.2, 0) is 4.79 Å². The minimum atomic E-state index is -0.757. The Morgan fingerprint density at radius 3 is 2.68 bits per heavy atom. The van der Waals surface area contributed by atoms with E-state index in [1.165, 1.54) is 30.4 Å². The summed E-state index contributed by atoms with van der Waals surface area (Å²) < 4.78 is 15.2. The van der Waals surface area contributed by atoms with Gasteiger partial charge in [-0.15, -0.1) is 0 Å². The monoisotopic (exact) mass is 358 g/mol. The van der Waals surface area contributed by atoms with Crippen LogP contribution in [-0.4, -0.2) is 21.2 Å². The summed E-state index contributed by atoms with van der Waals surface area (Å²) in [5.41, 5.74) is 5.30. The molecule has 0 saturated carbocycles. The normalized spacial score (nSPS) is 11.0. The van der Waals surface area contributed by atoms with E-state index in [4.69, 9.17) is 11.6 Å². The fourth-order valence-corrected chi connectivity index (χ4v) is 2.40. The summed E-state index contributed by atoms with van der Waals surface area (Å²) in [6.07, 6.45) is 4.41. The molecule has 126 valence electrons. The molecule has 6 nitrogen and oxygen atoms in total. The Labute approximate surface area is 146 Å². The van der Waals surface area contributed by atoms with E-state index < -0.39 is 17.6 Å². The summed E-state index contributed by atoms with van der Waals surface area (Å²) in [7, 11) is 0. The van der Waals surface area contributed by atoms with Crippen LogP contribution < -0.4 is 10.9 Å². The number of rotatable bonds is 3.